The summed E-state index contributed by atoms with van der Waals surface area (Å²) in [5, 5.41) is 3.45. The number of hydrogen-bond acceptors (Lipinski definition) is 4. The van der Waals surface area contributed by atoms with Gasteiger partial charge in [0, 0.05) is 22.8 Å². The van der Waals surface area contributed by atoms with Gasteiger partial charge in [0.05, 0.1) is 15.0 Å². The van der Waals surface area contributed by atoms with E-state index in [-0.39, 0.29) is 0 Å². The van der Waals surface area contributed by atoms with Gasteiger partial charge in [0.2, 0.25) is 0 Å². The Morgan fingerprint density at radius 1 is 1.38 bits per heavy atom. The molecule has 0 fully saturated rings. The maximum absolute atomic E-state index is 4.23. The summed E-state index contributed by atoms with van der Waals surface area (Å²) in [6.07, 6.45) is 0. The highest BCUT2D eigenvalue weighted by Crippen LogP contribution is 2.27. The van der Waals surface area contributed by atoms with Crippen LogP contribution in [0.5, 0.6) is 0 Å². The van der Waals surface area contributed by atoms with Crippen molar-refractivity contribution in [3.63, 3.8) is 0 Å². The summed E-state index contributed by atoms with van der Waals surface area (Å²) in [7, 11) is 0. The molecule has 2 aromatic rings. The van der Waals surface area contributed by atoms with Crippen LogP contribution in [0.25, 0.3) is 0 Å². The molecule has 0 radical (unpaired) electrons. The Morgan fingerprint density at radius 2 is 2.19 bits per heavy atom. The fourth-order valence-electron chi connectivity index (χ4n) is 1.41. The molecule has 1 N–H and O–H groups in total. The van der Waals surface area contributed by atoms with E-state index in [1.807, 2.05) is 5.51 Å². The van der Waals surface area contributed by atoms with Crippen LogP contribution in [0.1, 0.15) is 21.0 Å². The van der Waals surface area contributed by atoms with E-state index in [4.69, 9.17) is 0 Å². The zero-order valence-corrected chi connectivity index (χ0v) is 12.4. The molecule has 2 rings (SSSR count). The molecule has 0 saturated carbocycles. The Hall–Kier alpha value is -0.230. The van der Waals surface area contributed by atoms with Gasteiger partial charge in [-0.3, -0.25) is 0 Å². The van der Waals surface area contributed by atoms with Crippen molar-refractivity contribution in [2.45, 2.75) is 26.9 Å². The van der Waals surface area contributed by atoms with E-state index in [2.05, 4.69) is 46.1 Å². The molecule has 0 aromatic carbocycles. The molecule has 0 aliphatic rings. The number of halogens is 1. The SMILES string of the molecule is Cc1cc(CNCc2scnc2C)sc1Br. The van der Waals surface area contributed by atoms with E-state index in [9.17, 15) is 0 Å². The minimum absolute atomic E-state index is 0.908. The number of thiophene rings is 1. The normalized spacial score (nSPS) is 10.9. The number of aromatic nitrogens is 1. The van der Waals surface area contributed by atoms with Crippen LogP contribution in [0.2, 0.25) is 0 Å². The van der Waals surface area contributed by atoms with Crippen molar-refractivity contribution in [3.8, 4) is 0 Å². The van der Waals surface area contributed by atoms with E-state index in [1.54, 1.807) is 22.7 Å². The van der Waals surface area contributed by atoms with Crippen molar-refractivity contribution in [2.24, 2.45) is 0 Å². The van der Waals surface area contributed by atoms with Gasteiger partial charge in [0.25, 0.3) is 0 Å². The van der Waals surface area contributed by atoms with Crippen molar-refractivity contribution in [2.75, 3.05) is 0 Å². The lowest BCUT2D eigenvalue weighted by molar-refractivity contribution is 0.704. The third kappa shape index (κ3) is 2.91. The maximum atomic E-state index is 4.23. The standard InChI is InChI=1S/C11H13BrN2S2/c1-7-3-9(16-11(7)12)4-13-5-10-8(2)14-6-15-10/h3,6,13H,4-5H2,1-2H3. The lowest BCUT2D eigenvalue weighted by Gasteiger charge is -2.01. The summed E-state index contributed by atoms with van der Waals surface area (Å²) in [5.41, 5.74) is 4.36. The van der Waals surface area contributed by atoms with Crippen molar-refractivity contribution in [3.05, 3.63) is 36.4 Å². The highest BCUT2D eigenvalue weighted by atomic mass is 79.9. The molecular weight excluding hydrogens is 304 g/mol. The van der Waals surface area contributed by atoms with E-state index >= 15 is 0 Å². The number of nitrogens with one attached hydrogen (secondary N) is 1. The number of aryl methyl sites for hydroxylation is 2. The molecule has 5 heteroatoms. The molecule has 2 nitrogen and oxygen atoms in total. The molecule has 0 spiro atoms. The third-order valence-corrected chi connectivity index (χ3v) is 5.41. The van der Waals surface area contributed by atoms with E-state index in [0.717, 1.165) is 18.8 Å². The van der Waals surface area contributed by atoms with Crippen LogP contribution in [0.15, 0.2) is 15.4 Å². The molecule has 0 saturated heterocycles. The molecule has 0 bridgehead atoms. The second-order valence-corrected chi connectivity index (χ2v) is 7.03. The fraction of sp³-hybridized carbons (Fsp3) is 0.364. The molecule has 0 unspecified atom stereocenters. The van der Waals surface area contributed by atoms with Crippen LogP contribution in [0.4, 0.5) is 0 Å². The van der Waals surface area contributed by atoms with E-state index in [0.29, 0.717) is 0 Å². The van der Waals surface area contributed by atoms with Gasteiger partial charge in [-0.15, -0.1) is 22.7 Å². The van der Waals surface area contributed by atoms with Crippen molar-refractivity contribution in [1.29, 1.82) is 0 Å². The topological polar surface area (TPSA) is 24.9 Å². The Balaban J connectivity index is 1.87. The van der Waals surface area contributed by atoms with Crippen LogP contribution in [0, 0.1) is 13.8 Å². The number of nitrogens with zero attached hydrogens (tertiary/aromatic N) is 1. The van der Waals surface area contributed by atoms with E-state index in [1.165, 1.54) is 19.1 Å². The van der Waals surface area contributed by atoms with Gasteiger partial charge >= 0.3 is 0 Å². The van der Waals surface area contributed by atoms with Crippen molar-refractivity contribution < 1.29 is 0 Å². The first-order valence-electron chi connectivity index (χ1n) is 5.01. The molecule has 0 aliphatic heterocycles. The maximum Gasteiger partial charge on any atom is 0.0798 e. The third-order valence-electron chi connectivity index (χ3n) is 2.34. The largest absolute Gasteiger partial charge is 0.307 e. The van der Waals surface area contributed by atoms with E-state index < -0.39 is 0 Å². The predicted octanol–water partition coefficient (Wildman–Crippen LogP) is 3.87. The van der Waals surface area contributed by atoms with Gasteiger partial charge in [-0.05, 0) is 41.4 Å². The Morgan fingerprint density at radius 3 is 2.75 bits per heavy atom. The van der Waals surface area contributed by atoms with Gasteiger partial charge in [-0.2, -0.15) is 0 Å². The summed E-state index contributed by atoms with van der Waals surface area (Å²) < 4.78 is 1.23. The Labute approximate surface area is 112 Å². The van der Waals surface area contributed by atoms with Crippen molar-refractivity contribution >= 4 is 38.6 Å². The van der Waals surface area contributed by atoms with Crippen molar-refractivity contribution in [1.82, 2.24) is 10.3 Å². The smallest absolute Gasteiger partial charge is 0.0798 e. The minimum Gasteiger partial charge on any atom is -0.307 e. The predicted molar refractivity (Wildman–Crippen MR) is 74.2 cm³/mol. The zero-order valence-electron chi connectivity index (χ0n) is 9.21. The monoisotopic (exact) mass is 316 g/mol. The second-order valence-electron chi connectivity index (χ2n) is 3.63. The molecule has 16 heavy (non-hydrogen) atoms. The lowest BCUT2D eigenvalue weighted by atomic mass is 10.3. The molecule has 0 amide bonds. The highest BCUT2D eigenvalue weighted by molar-refractivity contribution is 9.11. The summed E-state index contributed by atoms with van der Waals surface area (Å²) in [6, 6.07) is 2.22. The average molecular weight is 317 g/mol. The first-order chi connectivity index (χ1) is 7.66. The molecule has 0 atom stereocenters. The summed E-state index contributed by atoms with van der Waals surface area (Å²) in [5.74, 6) is 0. The quantitative estimate of drug-likeness (QED) is 0.926. The van der Waals surface area contributed by atoms with Crippen LogP contribution >= 0.6 is 38.6 Å². The first-order valence-corrected chi connectivity index (χ1v) is 7.50. The average Bonchev–Trinajstić information content (AvgIpc) is 2.76. The van der Waals surface area contributed by atoms with Gasteiger partial charge < -0.3 is 5.32 Å². The number of thiazole rings is 1. The van der Waals surface area contributed by atoms with Crippen LogP contribution in [-0.2, 0) is 13.1 Å². The van der Waals surface area contributed by atoms with Crippen LogP contribution in [0.3, 0.4) is 0 Å². The highest BCUT2D eigenvalue weighted by Gasteiger charge is 2.04. The number of rotatable bonds is 4. The summed E-state index contributed by atoms with van der Waals surface area (Å²) in [4.78, 5) is 6.93. The van der Waals surface area contributed by atoms with Crippen LogP contribution < -0.4 is 5.32 Å². The molecule has 0 aliphatic carbocycles. The molecule has 2 aromatic heterocycles. The summed E-state index contributed by atoms with van der Waals surface area (Å²) in [6.45, 7) is 6.01. The zero-order chi connectivity index (χ0) is 11.5. The van der Waals surface area contributed by atoms with Gasteiger partial charge in [0.15, 0.2) is 0 Å². The fourth-order valence-corrected chi connectivity index (χ4v) is 3.75. The Bertz CT molecular complexity index is 457. The lowest BCUT2D eigenvalue weighted by Crippen LogP contribution is -2.11. The Kier molecular flexibility index (Phi) is 4.13. The number of hydrogen-bond donors (Lipinski definition) is 1. The van der Waals surface area contributed by atoms with Gasteiger partial charge in [0.1, 0.15) is 0 Å². The molecule has 2 heterocycles. The second kappa shape index (κ2) is 5.40. The minimum atomic E-state index is 0.908. The first kappa shape index (κ1) is 12.2. The van der Waals surface area contributed by atoms with Gasteiger partial charge in [-0.25, -0.2) is 4.98 Å². The molecular formula is C11H13BrN2S2. The molecule has 86 valence electrons. The van der Waals surface area contributed by atoms with Gasteiger partial charge in [-0.1, -0.05) is 0 Å². The van der Waals surface area contributed by atoms with Crippen LogP contribution in [-0.4, -0.2) is 4.98 Å². The summed E-state index contributed by atoms with van der Waals surface area (Å²) >= 11 is 7.05.